The first kappa shape index (κ1) is 77.2. The molecule has 0 fully saturated rings. The number of phosphoric ester groups is 1. The first-order valence-electron chi connectivity index (χ1n) is 34.2. The lowest BCUT2D eigenvalue weighted by molar-refractivity contribution is -0.870. The van der Waals surface area contributed by atoms with E-state index in [2.05, 4.69) is 67.8 Å². The molecular formula is C70H134N2O6P+. The van der Waals surface area contributed by atoms with Crippen LogP contribution in [-0.4, -0.2) is 73.4 Å². The minimum absolute atomic E-state index is 0.0629. The molecule has 3 unspecified atom stereocenters. The van der Waals surface area contributed by atoms with Gasteiger partial charge in [0.05, 0.1) is 39.9 Å². The van der Waals surface area contributed by atoms with Gasteiger partial charge in [-0.1, -0.05) is 325 Å². The molecule has 0 radical (unpaired) electrons. The standard InChI is InChI=1S/C70H133N2O6P/c1-6-8-10-12-14-16-18-20-22-24-26-28-29-30-31-32-33-34-35-36-37-38-39-40-41-42-43-44-46-48-50-52-54-56-58-60-62-64-70(74)71-68(67-78-79(75,76)77-66-65-72(3,4)5)69(73)63-61-59-57-55-53-51-49-47-45-27-25-23-21-19-17-15-13-11-9-7-2/h8,10,14,16,20,22,26,28,61,63,68-69,73H,6-7,9,11-13,15,17-19,21,23-25,27,29-60,62,64-67H2,1-5H3,(H-,71,74,75,76)/p+1/b10-8-,16-14-,22-20-,28-26-,63-61+. The Morgan fingerprint density at radius 2 is 0.759 bits per heavy atom. The fourth-order valence-electron chi connectivity index (χ4n) is 10.2. The Morgan fingerprint density at radius 1 is 0.443 bits per heavy atom. The number of aliphatic hydroxyl groups is 1. The number of amides is 1. The summed E-state index contributed by atoms with van der Waals surface area (Å²) in [6.45, 7) is 4.75. The van der Waals surface area contributed by atoms with Gasteiger partial charge in [0.1, 0.15) is 13.2 Å². The van der Waals surface area contributed by atoms with Crippen molar-refractivity contribution >= 4 is 13.7 Å². The molecule has 0 spiro atoms. The zero-order valence-electron chi connectivity index (χ0n) is 53.1. The van der Waals surface area contributed by atoms with Gasteiger partial charge in [0.15, 0.2) is 0 Å². The Kier molecular flexibility index (Phi) is 59.4. The summed E-state index contributed by atoms with van der Waals surface area (Å²) >= 11 is 0. The number of hydrogen-bond donors (Lipinski definition) is 3. The third kappa shape index (κ3) is 63.6. The van der Waals surface area contributed by atoms with Gasteiger partial charge in [-0.2, -0.15) is 0 Å². The van der Waals surface area contributed by atoms with Gasteiger partial charge in [-0.3, -0.25) is 13.8 Å². The smallest absolute Gasteiger partial charge is 0.387 e. The Labute approximate surface area is 492 Å². The molecular weight excluding hydrogens is 996 g/mol. The minimum Gasteiger partial charge on any atom is -0.387 e. The van der Waals surface area contributed by atoms with Gasteiger partial charge in [0.2, 0.25) is 5.91 Å². The van der Waals surface area contributed by atoms with Gasteiger partial charge in [-0.05, 0) is 57.8 Å². The van der Waals surface area contributed by atoms with Gasteiger partial charge in [-0.25, -0.2) is 4.57 Å². The van der Waals surface area contributed by atoms with Crippen molar-refractivity contribution in [3.63, 3.8) is 0 Å². The molecule has 3 atom stereocenters. The van der Waals surface area contributed by atoms with Gasteiger partial charge < -0.3 is 19.8 Å². The third-order valence-corrected chi connectivity index (χ3v) is 16.5. The number of rotatable bonds is 63. The molecule has 0 aromatic rings. The monoisotopic (exact) mass is 1130 g/mol. The average molecular weight is 1130 g/mol. The minimum atomic E-state index is -4.35. The molecule has 0 aromatic carbocycles. The Hall–Kier alpha value is -1.80. The Balaban J connectivity index is 3.97. The van der Waals surface area contributed by atoms with Crippen LogP contribution < -0.4 is 5.32 Å². The fraction of sp³-hybridized carbons (Fsp3) is 0.843. The maximum atomic E-state index is 13.0. The van der Waals surface area contributed by atoms with Crippen molar-refractivity contribution in [2.45, 2.75) is 341 Å². The van der Waals surface area contributed by atoms with Crippen molar-refractivity contribution < 1.29 is 32.9 Å². The van der Waals surface area contributed by atoms with E-state index >= 15 is 0 Å². The average Bonchev–Trinajstić information content (AvgIpc) is 3.42. The molecule has 9 heteroatoms. The largest absolute Gasteiger partial charge is 0.472 e. The first-order valence-corrected chi connectivity index (χ1v) is 35.7. The number of nitrogens with one attached hydrogen (secondary N) is 1. The van der Waals surface area contributed by atoms with E-state index in [9.17, 15) is 19.4 Å². The SMILES string of the molecule is CC/C=C\C/C=C\C/C=C\C/C=C\CCCCCCCCCCCCCCCCCCCCCCCCCCC(=O)NC(COP(=O)(O)OCC[N+](C)(C)C)C(O)/C=C/CCCCCCCCCCCCCCCCCCCC. The normalized spacial score (nSPS) is 14.1. The van der Waals surface area contributed by atoms with Crippen molar-refractivity contribution in [2.24, 2.45) is 0 Å². The summed E-state index contributed by atoms with van der Waals surface area (Å²) in [6, 6.07) is -0.847. The van der Waals surface area contributed by atoms with Crippen LogP contribution in [0.15, 0.2) is 60.8 Å². The topological polar surface area (TPSA) is 105 Å². The van der Waals surface area contributed by atoms with E-state index in [1.165, 1.54) is 244 Å². The van der Waals surface area contributed by atoms with E-state index in [1.54, 1.807) is 6.08 Å². The molecule has 0 saturated carbocycles. The molecule has 0 rings (SSSR count). The maximum Gasteiger partial charge on any atom is 0.472 e. The number of nitrogens with zero attached hydrogens (tertiary/aromatic N) is 1. The summed E-state index contributed by atoms with van der Waals surface area (Å²) in [4.78, 5) is 23.4. The number of unbranched alkanes of at least 4 members (excludes halogenated alkanes) is 42. The van der Waals surface area contributed by atoms with Crippen LogP contribution in [0, 0.1) is 0 Å². The van der Waals surface area contributed by atoms with Crippen LogP contribution in [-0.2, 0) is 18.4 Å². The van der Waals surface area contributed by atoms with E-state index in [0.717, 1.165) is 64.2 Å². The third-order valence-electron chi connectivity index (χ3n) is 15.5. The number of phosphoric acid groups is 1. The molecule has 0 aromatic heterocycles. The summed E-state index contributed by atoms with van der Waals surface area (Å²) in [7, 11) is 1.59. The number of allylic oxidation sites excluding steroid dienone is 9. The number of quaternary nitrogens is 1. The van der Waals surface area contributed by atoms with Gasteiger partial charge in [0, 0.05) is 6.42 Å². The summed E-state index contributed by atoms with van der Waals surface area (Å²) in [6.07, 6.45) is 83.6. The molecule has 0 saturated heterocycles. The quantitative estimate of drug-likeness (QED) is 0.0243. The highest BCUT2D eigenvalue weighted by atomic mass is 31.2. The summed E-state index contributed by atoms with van der Waals surface area (Å²) in [5.74, 6) is -0.171. The van der Waals surface area contributed by atoms with E-state index in [-0.39, 0.29) is 19.1 Å². The molecule has 0 aliphatic carbocycles. The molecule has 3 N–H and O–H groups in total. The van der Waals surface area contributed by atoms with E-state index in [4.69, 9.17) is 9.05 Å². The van der Waals surface area contributed by atoms with Crippen molar-refractivity contribution in [1.29, 1.82) is 0 Å². The van der Waals surface area contributed by atoms with Gasteiger partial charge in [0.25, 0.3) is 0 Å². The fourth-order valence-corrected chi connectivity index (χ4v) is 11.0. The lowest BCUT2D eigenvalue weighted by Gasteiger charge is -2.25. The highest BCUT2D eigenvalue weighted by Gasteiger charge is 2.28. The number of hydrogen-bond acceptors (Lipinski definition) is 5. The zero-order chi connectivity index (χ0) is 57.7. The van der Waals surface area contributed by atoms with Crippen LogP contribution in [0.5, 0.6) is 0 Å². The summed E-state index contributed by atoms with van der Waals surface area (Å²) < 4.78 is 23.8. The molecule has 0 aliphatic heterocycles. The second kappa shape index (κ2) is 60.8. The van der Waals surface area contributed by atoms with Gasteiger partial charge >= 0.3 is 7.82 Å². The molecule has 0 aliphatic rings. The zero-order valence-corrected chi connectivity index (χ0v) is 54.0. The highest BCUT2D eigenvalue weighted by Crippen LogP contribution is 2.43. The molecule has 79 heavy (non-hydrogen) atoms. The maximum absolute atomic E-state index is 13.0. The summed E-state index contributed by atoms with van der Waals surface area (Å²) in [5.41, 5.74) is 0. The first-order chi connectivity index (χ1) is 38.5. The van der Waals surface area contributed by atoms with Crippen LogP contribution in [0.25, 0.3) is 0 Å². The lowest BCUT2D eigenvalue weighted by atomic mass is 10.0. The predicted octanol–water partition coefficient (Wildman–Crippen LogP) is 21.6. The number of likely N-dealkylation sites (N-methyl/N-ethyl adjacent to an activating group) is 1. The molecule has 0 bridgehead atoms. The van der Waals surface area contributed by atoms with Crippen molar-refractivity contribution in [2.75, 3.05) is 40.9 Å². The van der Waals surface area contributed by atoms with Crippen LogP contribution >= 0.6 is 7.82 Å². The van der Waals surface area contributed by atoms with Crippen LogP contribution in [0.1, 0.15) is 328 Å². The predicted molar refractivity (Wildman–Crippen MR) is 346 cm³/mol. The van der Waals surface area contributed by atoms with Crippen LogP contribution in [0.2, 0.25) is 0 Å². The summed E-state index contributed by atoms with van der Waals surface area (Å²) in [5, 5.41) is 14.0. The van der Waals surface area contributed by atoms with Crippen LogP contribution in [0.3, 0.4) is 0 Å². The van der Waals surface area contributed by atoms with Crippen molar-refractivity contribution in [3.8, 4) is 0 Å². The van der Waals surface area contributed by atoms with E-state index < -0.39 is 20.0 Å². The molecule has 464 valence electrons. The Morgan fingerprint density at radius 3 is 1.11 bits per heavy atom. The second-order valence-electron chi connectivity index (χ2n) is 24.5. The van der Waals surface area contributed by atoms with Gasteiger partial charge in [-0.15, -0.1) is 0 Å². The number of aliphatic hydroxyl groups excluding tert-OH is 1. The molecule has 1 amide bonds. The lowest BCUT2D eigenvalue weighted by Crippen LogP contribution is -2.45. The number of carbonyl (C=O) groups is 1. The Bertz CT molecular complexity index is 1470. The van der Waals surface area contributed by atoms with E-state index in [0.29, 0.717) is 17.4 Å². The molecule has 0 heterocycles. The van der Waals surface area contributed by atoms with Crippen LogP contribution in [0.4, 0.5) is 0 Å². The second-order valence-corrected chi connectivity index (χ2v) is 26.0. The molecule has 8 nitrogen and oxygen atoms in total. The van der Waals surface area contributed by atoms with Crippen molar-refractivity contribution in [1.82, 2.24) is 5.32 Å². The van der Waals surface area contributed by atoms with Crippen molar-refractivity contribution in [3.05, 3.63) is 60.8 Å². The number of carbonyl (C=O) groups excluding carboxylic acids is 1. The highest BCUT2D eigenvalue weighted by molar-refractivity contribution is 7.47. The van der Waals surface area contributed by atoms with E-state index in [1.807, 2.05) is 27.2 Å².